The Balaban J connectivity index is 3.28. The highest BCUT2D eigenvalue weighted by Gasteiger charge is 2.14. The average Bonchev–Trinajstić information content (AvgIpc) is 2.03. The smallest absolute Gasteiger partial charge is 0.126 e. The van der Waals surface area contributed by atoms with E-state index in [2.05, 4.69) is 6.92 Å². The Hall–Kier alpha value is -0.110. The fourth-order valence-electron chi connectivity index (χ4n) is 1.06. The highest BCUT2D eigenvalue weighted by Crippen LogP contribution is 2.11. The summed E-state index contributed by atoms with van der Waals surface area (Å²) >= 11 is 0. The van der Waals surface area contributed by atoms with Gasteiger partial charge in [-0.3, -0.25) is 0 Å². The predicted molar refractivity (Wildman–Crippen MR) is 45.3 cm³/mol. The maximum absolute atomic E-state index is 12.7. The van der Waals surface area contributed by atoms with Crippen molar-refractivity contribution in [2.24, 2.45) is 0 Å². The molecule has 0 aliphatic heterocycles. The van der Waals surface area contributed by atoms with Crippen LogP contribution in [-0.4, -0.2) is 17.4 Å². The van der Waals surface area contributed by atoms with Crippen LogP contribution in [0, 0.1) is 0 Å². The molecule has 0 saturated heterocycles. The van der Waals surface area contributed by atoms with Crippen LogP contribution in [-0.2, 0) is 0 Å². The third-order valence-corrected chi connectivity index (χ3v) is 1.91. The first-order chi connectivity index (χ1) is 5.22. The summed E-state index contributed by atoms with van der Waals surface area (Å²) in [7, 11) is 0. The van der Waals surface area contributed by atoms with E-state index in [9.17, 15) is 4.39 Å². The average molecular weight is 162 g/mol. The van der Waals surface area contributed by atoms with Crippen LogP contribution in [0.25, 0.3) is 0 Å². The van der Waals surface area contributed by atoms with Crippen molar-refractivity contribution in [1.82, 2.24) is 0 Å². The van der Waals surface area contributed by atoms with Crippen molar-refractivity contribution >= 4 is 0 Å². The lowest BCUT2D eigenvalue weighted by Gasteiger charge is -2.12. The molecule has 2 heteroatoms. The fraction of sp³-hybridized carbons (Fsp3) is 1.00. The maximum Gasteiger partial charge on any atom is 0.126 e. The molecule has 11 heavy (non-hydrogen) atoms. The highest BCUT2D eigenvalue weighted by molar-refractivity contribution is 4.65. The quantitative estimate of drug-likeness (QED) is 0.595. The van der Waals surface area contributed by atoms with Gasteiger partial charge in [0.1, 0.15) is 6.17 Å². The maximum atomic E-state index is 12.7. The van der Waals surface area contributed by atoms with Gasteiger partial charge in [-0.1, -0.05) is 33.1 Å². The number of aliphatic hydroxyl groups excluding tert-OH is 1. The van der Waals surface area contributed by atoms with E-state index in [0.29, 0.717) is 12.8 Å². The first-order valence-electron chi connectivity index (χ1n) is 4.54. The van der Waals surface area contributed by atoms with Gasteiger partial charge in [-0.25, -0.2) is 4.39 Å². The van der Waals surface area contributed by atoms with Gasteiger partial charge < -0.3 is 5.11 Å². The second-order valence-electron chi connectivity index (χ2n) is 2.99. The van der Waals surface area contributed by atoms with Crippen LogP contribution in [0.4, 0.5) is 4.39 Å². The van der Waals surface area contributed by atoms with E-state index in [-0.39, 0.29) is 0 Å². The van der Waals surface area contributed by atoms with Crippen molar-refractivity contribution in [2.75, 3.05) is 0 Å². The molecule has 1 N–H and O–H groups in total. The second kappa shape index (κ2) is 6.59. The molecular formula is C9H19FO. The molecule has 68 valence electrons. The summed E-state index contributed by atoms with van der Waals surface area (Å²) in [5.74, 6) is 0. The lowest BCUT2D eigenvalue weighted by atomic mass is 10.1. The summed E-state index contributed by atoms with van der Waals surface area (Å²) in [6.45, 7) is 3.85. The molecule has 0 spiro atoms. The Morgan fingerprint density at radius 1 is 1.27 bits per heavy atom. The second-order valence-corrected chi connectivity index (χ2v) is 2.99. The molecule has 2 atom stereocenters. The molecule has 0 rings (SSSR count). The molecule has 0 heterocycles. The van der Waals surface area contributed by atoms with Gasteiger partial charge in [0.15, 0.2) is 0 Å². The minimum absolute atomic E-state index is 0.424. The summed E-state index contributed by atoms with van der Waals surface area (Å²) in [6.07, 6.45) is 2.44. The van der Waals surface area contributed by atoms with E-state index in [0.717, 1.165) is 19.3 Å². The molecule has 2 unspecified atom stereocenters. The van der Waals surface area contributed by atoms with Gasteiger partial charge in [0.05, 0.1) is 6.10 Å². The van der Waals surface area contributed by atoms with Crippen LogP contribution in [0.2, 0.25) is 0 Å². The van der Waals surface area contributed by atoms with Crippen molar-refractivity contribution in [3.05, 3.63) is 0 Å². The zero-order valence-electron chi connectivity index (χ0n) is 7.52. The summed E-state index contributed by atoms with van der Waals surface area (Å²) in [5.41, 5.74) is 0. The van der Waals surface area contributed by atoms with Crippen LogP contribution in [0.5, 0.6) is 0 Å². The first-order valence-corrected chi connectivity index (χ1v) is 4.54. The zero-order chi connectivity index (χ0) is 8.69. The van der Waals surface area contributed by atoms with Crippen molar-refractivity contribution in [3.8, 4) is 0 Å². The number of hydrogen-bond acceptors (Lipinski definition) is 1. The molecule has 0 aromatic rings. The Bertz CT molecular complexity index is 85.6. The topological polar surface area (TPSA) is 20.2 Å². The van der Waals surface area contributed by atoms with Crippen LogP contribution < -0.4 is 0 Å². The Kier molecular flexibility index (Phi) is 6.52. The summed E-state index contributed by atoms with van der Waals surface area (Å²) in [5, 5.41) is 9.17. The van der Waals surface area contributed by atoms with E-state index >= 15 is 0 Å². The normalized spacial score (nSPS) is 16.4. The van der Waals surface area contributed by atoms with E-state index < -0.39 is 12.3 Å². The first kappa shape index (κ1) is 10.9. The molecule has 1 nitrogen and oxygen atoms in total. The zero-order valence-corrected chi connectivity index (χ0v) is 7.52. The van der Waals surface area contributed by atoms with E-state index in [1.54, 1.807) is 6.92 Å². The van der Waals surface area contributed by atoms with Crippen molar-refractivity contribution < 1.29 is 9.50 Å². The van der Waals surface area contributed by atoms with Gasteiger partial charge in [-0.05, 0) is 12.8 Å². The minimum Gasteiger partial charge on any atom is -0.390 e. The Morgan fingerprint density at radius 2 is 1.91 bits per heavy atom. The molecule has 0 aliphatic rings. The summed E-state index contributed by atoms with van der Waals surface area (Å²) < 4.78 is 12.7. The minimum atomic E-state index is -1.02. The SMILES string of the molecule is CCCCCC(O)C(F)CC. The van der Waals surface area contributed by atoms with Crippen molar-refractivity contribution in [3.63, 3.8) is 0 Å². The molecule has 0 aromatic heterocycles. The molecular weight excluding hydrogens is 143 g/mol. The van der Waals surface area contributed by atoms with Crippen LogP contribution in [0.15, 0.2) is 0 Å². The van der Waals surface area contributed by atoms with Crippen LogP contribution in [0.1, 0.15) is 46.0 Å². The molecule has 0 fully saturated rings. The van der Waals surface area contributed by atoms with Gasteiger partial charge in [-0.15, -0.1) is 0 Å². The lowest BCUT2D eigenvalue weighted by Crippen LogP contribution is -2.20. The van der Waals surface area contributed by atoms with Gasteiger partial charge in [0.2, 0.25) is 0 Å². The van der Waals surface area contributed by atoms with Gasteiger partial charge in [0, 0.05) is 0 Å². The van der Waals surface area contributed by atoms with E-state index in [1.165, 1.54) is 0 Å². The standard InChI is InChI=1S/C9H19FO/c1-3-5-6-7-9(11)8(10)4-2/h8-9,11H,3-7H2,1-2H3. The van der Waals surface area contributed by atoms with Crippen molar-refractivity contribution in [2.45, 2.75) is 58.2 Å². The third kappa shape index (κ3) is 5.19. The number of unbranched alkanes of at least 4 members (excludes halogenated alkanes) is 2. The molecule has 0 aliphatic carbocycles. The number of halogens is 1. The van der Waals surface area contributed by atoms with Crippen LogP contribution in [0.3, 0.4) is 0 Å². The Morgan fingerprint density at radius 3 is 2.36 bits per heavy atom. The number of hydrogen-bond donors (Lipinski definition) is 1. The van der Waals surface area contributed by atoms with Gasteiger partial charge in [-0.2, -0.15) is 0 Å². The number of alkyl halides is 1. The lowest BCUT2D eigenvalue weighted by molar-refractivity contribution is 0.0664. The molecule has 0 amide bonds. The molecule has 0 bridgehead atoms. The predicted octanol–water partition coefficient (Wildman–Crippen LogP) is 2.68. The highest BCUT2D eigenvalue weighted by atomic mass is 19.1. The van der Waals surface area contributed by atoms with Gasteiger partial charge >= 0.3 is 0 Å². The van der Waals surface area contributed by atoms with Crippen LogP contribution >= 0.6 is 0 Å². The fourth-order valence-corrected chi connectivity index (χ4v) is 1.06. The molecule has 0 aromatic carbocycles. The molecule has 0 radical (unpaired) electrons. The summed E-state index contributed by atoms with van der Waals surface area (Å²) in [6, 6.07) is 0. The van der Waals surface area contributed by atoms with E-state index in [1.807, 2.05) is 0 Å². The third-order valence-electron chi connectivity index (χ3n) is 1.91. The molecule has 0 saturated carbocycles. The number of aliphatic hydroxyl groups is 1. The Labute approximate surface area is 68.6 Å². The summed E-state index contributed by atoms with van der Waals surface area (Å²) in [4.78, 5) is 0. The number of rotatable bonds is 6. The van der Waals surface area contributed by atoms with Gasteiger partial charge in [0.25, 0.3) is 0 Å². The van der Waals surface area contributed by atoms with Crippen molar-refractivity contribution in [1.29, 1.82) is 0 Å². The van der Waals surface area contributed by atoms with E-state index in [4.69, 9.17) is 5.11 Å². The monoisotopic (exact) mass is 162 g/mol. The largest absolute Gasteiger partial charge is 0.390 e.